The molecule has 1 aromatic carbocycles. The average molecular weight is 287 g/mol. The summed E-state index contributed by atoms with van der Waals surface area (Å²) in [5.74, 6) is 0.290. The van der Waals surface area contributed by atoms with Gasteiger partial charge in [-0.3, -0.25) is 15.5 Å². The van der Waals surface area contributed by atoms with Crippen LogP contribution in [0.25, 0.3) is 0 Å². The van der Waals surface area contributed by atoms with Crippen LogP contribution in [0.2, 0.25) is 0 Å². The largest absolute Gasteiger partial charge is 0.437 e. The SMILES string of the molecule is Cc1cc([N+](=O)[O-])c(C)cc1Oc1nnccc1C(=N)N. The zero-order chi connectivity index (χ0) is 15.6. The number of amidine groups is 1. The van der Waals surface area contributed by atoms with E-state index in [0.29, 0.717) is 22.4 Å². The van der Waals surface area contributed by atoms with Crippen LogP contribution in [-0.4, -0.2) is 21.0 Å². The van der Waals surface area contributed by atoms with Gasteiger partial charge in [0.05, 0.1) is 16.7 Å². The Bertz CT molecular complexity index is 730. The molecule has 8 heteroatoms. The molecule has 0 amide bonds. The molecule has 0 fully saturated rings. The van der Waals surface area contributed by atoms with Gasteiger partial charge in [-0.15, -0.1) is 5.10 Å². The molecule has 0 aliphatic heterocycles. The first-order valence-electron chi connectivity index (χ1n) is 5.99. The van der Waals surface area contributed by atoms with Gasteiger partial charge in [-0.1, -0.05) is 0 Å². The number of nitrogens with one attached hydrogen (secondary N) is 1. The van der Waals surface area contributed by atoms with E-state index in [4.69, 9.17) is 15.9 Å². The molecule has 0 aliphatic carbocycles. The minimum Gasteiger partial charge on any atom is -0.437 e. The zero-order valence-electron chi connectivity index (χ0n) is 11.5. The lowest BCUT2D eigenvalue weighted by atomic mass is 10.1. The Morgan fingerprint density at radius 3 is 2.71 bits per heavy atom. The molecule has 3 N–H and O–H groups in total. The molecule has 21 heavy (non-hydrogen) atoms. The molecule has 2 aromatic rings. The molecule has 8 nitrogen and oxygen atoms in total. The van der Waals surface area contributed by atoms with Crippen LogP contribution in [0.5, 0.6) is 11.6 Å². The van der Waals surface area contributed by atoms with E-state index < -0.39 is 4.92 Å². The van der Waals surface area contributed by atoms with Crippen LogP contribution in [-0.2, 0) is 0 Å². The van der Waals surface area contributed by atoms with E-state index in [-0.39, 0.29) is 17.4 Å². The Kier molecular flexibility index (Phi) is 3.79. The zero-order valence-corrected chi connectivity index (χ0v) is 11.5. The molecule has 0 bridgehead atoms. The average Bonchev–Trinajstić information content (AvgIpc) is 2.42. The van der Waals surface area contributed by atoms with Gasteiger partial charge < -0.3 is 10.5 Å². The molecule has 0 saturated carbocycles. The van der Waals surface area contributed by atoms with Crippen molar-refractivity contribution in [3.8, 4) is 11.6 Å². The minimum atomic E-state index is -0.449. The van der Waals surface area contributed by atoms with E-state index in [2.05, 4.69) is 10.2 Å². The predicted octanol–water partition coefficient (Wildman–Crippen LogP) is 2.08. The number of nitrogens with two attached hydrogens (primary N) is 1. The van der Waals surface area contributed by atoms with Gasteiger partial charge in [0.25, 0.3) is 5.69 Å². The van der Waals surface area contributed by atoms with Crippen LogP contribution in [0.1, 0.15) is 16.7 Å². The number of rotatable bonds is 4. The van der Waals surface area contributed by atoms with Crippen molar-refractivity contribution in [1.29, 1.82) is 5.41 Å². The molecule has 0 spiro atoms. The Balaban J connectivity index is 2.44. The number of aryl methyl sites for hydroxylation is 2. The molecule has 1 heterocycles. The van der Waals surface area contributed by atoms with Crippen molar-refractivity contribution in [3.63, 3.8) is 0 Å². The first-order valence-corrected chi connectivity index (χ1v) is 5.99. The highest BCUT2D eigenvalue weighted by atomic mass is 16.6. The number of nitro benzene ring substituents is 1. The fourth-order valence-corrected chi connectivity index (χ4v) is 1.78. The maximum Gasteiger partial charge on any atom is 0.272 e. The van der Waals surface area contributed by atoms with Crippen LogP contribution in [0.15, 0.2) is 24.4 Å². The lowest BCUT2D eigenvalue weighted by molar-refractivity contribution is -0.385. The standard InChI is InChI=1S/C13H13N5O3/c1-7-6-11(8(2)5-10(7)18(19)20)21-13-9(12(14)15)3-4-16-17-13/h3-6H,1-2H3,(H3,14,15). The van der Waals surface area contributed by atoms with Crippen molar-refractivity contribution in [2.75, 3.05) is 0 Å². The number of nitrogen functional groups attached to an aromatic ring is 1. The first kappa shape index (κ1) is 14.4. The number of ether oxygens (including phenoxy) is 1. The summed E-state index contributed by atoms with van der Waals surface area (Å²) in [7, 11) is 0. The summed E-state index contributed by atoms with van der Waals surface area (Å²) in [6.07, 6.45) is 1.40. The predicted molar refractivity (Wildman–Crippen MR) is 75.7 cm³/mol. The molecule has 108 valence electrons. The maximum atomic E-state index is 10.9. The number of nitro groups is 1. The van der Waals surface area contributed by atoms with E-state index in [9.17, 15) is 10.1 Å². The van der Waals surface area contributed by atoms with Crippen LogP contribution in [0.3, 0.4) is 0 Å². The summed E-state index contributed by atoms with van der Waals surface area (Å²) < 4.78 is 5.60. The number of hydrogen-bond acceptors (Lipinski definition) is 6. The van der Waals surface area contributed by atoms with Crippen molar-refractivity contribution in [3.05, 3.63) is 51.2 Å². The van der Waals surface area contributed by atoms with Crippen molar-refractivity contribution in [1.82, 2.24) is 10.2 Å². The van der Waals surface area contributed by atoms with E-state index in [1.165, 1.54) is 18.3 Å². The molecular formula is C13H13N5O3. The fourth-order valence-electron chi connectivity index (χ4n) is 1.78. The van der Waals surface area contributed by atoms with Crippen LogP contribution in [0, 0.1) is 29.4 Å². The van der Waals surface area contributed by atoms with Gasteiger partial charge >= 0.3 is 0 Å². The first-order chi connectivity index (χ1) is 9.90. The smallest absolute Gasteiger partial charge is 0.272 e. The second kappa shape index (κ2) is 5.53. The third kappa shape index (κ3) is 2.94. The van der Waals surface area contributed by atoms with Crippen molar-refractivity contribution in [2.24, 2.45) is 5.73 Å². The quantitative estimate of drug-likeness (QED) is 0.383. The number of benzene rings is 1. The van der Waals surface area contributed by atoms with Gasteiger partial charge in [-0.05, 0) is 31.5 Å². The van der Waals surface area contributed by atoms with Crippen LogP contribution in [0.4, 0.5) is 5.69 Å². The molecule has 0 saturated heterocycles. The van der Waals surface area contributed by atoms with Gasteiger partial charge in [-0.2, -0.15) is 5.10 Å². The summed E-state index contributed by atoms with van der Waals surface area (Å²) in [4.78, 5) is 10.4. The second-order valence-electron chi connectivity index (χ2n) is 4.43. The highest BCUT2D eigenvalue weighted by molar-refractivity contribution is 5.96. The van der Waals surface area contributed by atoms with E-state index in [1.807, 2.05) is 0 Å². The number of aromatic nitrogens is 2. The minimum absolute atomic E-state index is 0.0192. The Morgan fingerprint density at radius 2 is 2.10 bits per heavy atom. The van der Waals surface area contributed by atoms with Gasteiger partial charge in [0.15, 0.2) is 0 Å². The summed E-state index contributed by atoms with van der Waals surface area (Å²) in [6, 6.07) is 4.48. The third-order valence-electron chi connectivity index (χ3n) is 2.87. The van der Waals surface area contributed by atoms with E-state index >= 15 is 0 Å². The molecular weight excluding hydrogens is 274 g/mol. The Labute approximate surface area is 120 Å². The van der Waals surface area contributed by atoms with Crippen molar-refractivity contribution < 1.29 is 9.66 Å². The van der Waals surface area contributed by atoms with E-state index in [1.54, 1.807) is 19.9 Å². The van der Waals surface area contributed by atoms with Gasteiger partial charge in [0, 0.05) is 11.6 Å². The summed E-state index contributed by atoms with van der Waals surface area (Å²) in [5.41, 5.74) is 6.81. The lowest BCUT2D eigenvalue weighted by Crippen LogP contribution is -2.13. The molecule has 1 aromatic heterocycles. The molecule has 2 rings (SSSR count). The second-order valence-corrected chi connectivity index (χ2v) is 4.43. The van der Waals surface area contributed by atoms with Crippen LogP contribution < -0.4 is 10.5 Å². The fraction of sp³-hybridized carbons (Fsp3) is 0.154. The van der Waals surface area contributed by atoms with Gasteiger partial charge in [0.1, 0.15) is 11.6 Å². The number of nitrogens with zero attached hydrogens (tertiary/aromatic N) is 3. The molecule has 0 unspecified atom stereocenters. The maximum absolute atomic E-state index is 10.9. The highest BCUT2D eigenvalue weighted by Gasteiger charge is 2.16. The van der Waals surface area contributed by atoms with Gasteiger partial charge in [-0.25, -0.2) is 0 Å². The summed E-state index contributed by atoms with van der Waals surface area (Å²) in [5, 5.41) is 25.8. The van der Waals surface area contributed by atoms with Crippen LogP contribution >= 0.6 is 0 Å². The molecule has 0 radical (unpaired) electrons. The van der Waals surface area contributed by atoms with Gasteiger partial charge in [0.2, 0.25) is 5.88 Å². The molecule has 0 atom stereocenters. The number of hydrogen-bond donors (Lipinski definition) is 2. The third-order valence-corrected chi connectivity index (χ3v) is 2.87. The topological polar surface area (TPSA) is 128 Å². The molecule has 0 aliphatic rings. The Morgan fingerprint density at radius 1 is 1.38 bits per heavy atom. The van der Waals surface area contributed by atoms with Crippen molar-refractivity contribution >= 4 is 11.5 Å². The van der Waals surface area contributed by atoms with E-state index in [0.717, 1.165) is 0 Å². The lowest BCUT2D eigenvalue weighted by Gasteiger charge is -2.11. The highest BCUT2D eigenvalue weighted by Crippen LogP contribution is 2.31. The monoisotopic (exact) mass is 287 g/mol. The summed E-state index contributed by atoms with van der Waals surface area (Å²) in [6.45, 7) is 3.30. The Hall–Kier alpha value is -3.03. The normalized spacial score (nSPS) is 10.2. The summed E-state index contributed by atoms with van der Waals surface area (Å²) >= 11 is 0. The van der Waals surface area contributed by atoms with Crippen molar-refractivity contribution in [2.45, 2.75) is 13.8 Å².